The number of thiazole rings is 1. The van der Waals surface area contributed by atoms with E-state index in [0.29, 0.717) is 6.54 Å². The lowest BCUT2D eigenvalue weighted by molar-refractivity contribution is 0.306. The second-order valence-electron chi connectivity index (χ2n) is 6.83. The maximum atomic E-state index is 4.83. The lowest BCUT2D eigenvalue weighted by atomic mass is 10.0. The minimum atomic E-state index is 0.257. The molecule has 0 radical (unpaired) electrons. The van der Waals surface area contributed by atoms with Crippen molar-refractivity contribution in [3.05, 3.63) is 51.5 Å². The number of hydrogen-bond donors (Lipinski definition) is 2. The zero-order valence-electron chi connectivity index (χ0n) is 17.2. The third-order valence-corrected chi connectivity index (χ3v) is 5.33. The number of aliphatic imine (C=N–C) groups is 1. The highest BCUT2D eigenvalue weighted by atomic mass is 32.1. The van der Waals surface area contributed by atoms with Gasteiger partial charge in [0.25, 0.3) is 0 Å². The van der Waals surface area contributed by atoms with Gasteiger partial charge in [0.2, 0.25) is 0 Å². The van der Waals surface area contributed by atoms with Gasteiger partial charge in [-0.3, -0.25) is 4.99 Å². The van der Waals surface area contributed by atoms with Gasteiger partial charge < -0.3 is 15.5 Å². The molecule has 0 aliphatic rings. The summed E-state index contributed by atoms with van der Waals surface area (Å²) in [5, 5.41) is 10.0. The van der Waals surface area contributed by atoms with E-state index >= 15 is 0 Å². The lowest BCUT2D eigenvalue weighted by Crippen LogP contribution is -2.39. The van der Waals surface area contributed by atoms with Crippen LogP contribution >= 0.6 is 11.3 Å². The summed E-state index contributed by atoms with van der Waals surface area (Å²) in [6.07, 6.45) is 1.97. The maximum Gasteiger partial charge on any atom is 0.191 e. The Bertz CT molecular complexity index is 706. The monoisotopic (exact) mass is 387 g/mol. The molecule has 1 aromatic carbocycles. The third-order valence-electron chi connectivity index (χ3n) is 4.50. The molecule has 1 heterocycles. The summed E-state index contributed by atoms with van der Waals surface area (Å²) in [6.45, 7) is 8.70. The van der Waals surface area contributed by atoms with E-state index in [1.54, 1.807) is 11.3 Å². The number of benzene rings is 1. The van der Waals surface area contributed by atoms with Crippen LogP contribution in [-0.4, -0.2) is 49.6 Å². The Hall–Kier alpha value is -1.92. The third kappa shape index (κ3) is 6.96. The second-order valence-corrected chi connectivity index (χ2v) is 7.89. The average Bonchev–Trinajstić information content (AvgIpc) is 3.07. The Kier molecular flexibility index (Phi) is 8.75. The molecule has 148 valence electrons. The van der Waals surface area contributed by atoms with Gasteiger partial charge in [-0.15, -0.1) is 11.3 Å². The molecular weight excluding hydrogens is 354 g/mol. The molecule has 1 aromatic heterocycles. The number of guanidine groups is 1. The van der Waals surface area contributed by atoms with Gasteiger partial charge in [-0.25, -0.2) is 4.98 Å². The Balaban J connectivity index is 1.98. The molecule has 1 unspecified atom stereocenters. The van der Waals surface area contributed by atoms with Crippen molar-refractivity contribution in [2.24, 2.45) is 4.99 Å². The summed E-state index contributed by atoms with van der Waals surface area (Å²) in [5.41, 5.74) is 3.81. The maximum absolute atomic E-state index is 4.83. The van der Waals surface area contributed by atoms with Crippen LogP contribution in [-0.2, 0) is 12.8 Å². The molecule has 6 heteroatoms. The number of hydrogen-bond acceptors (Lipinski definition) is 4. The van der Waals surface area contributed by atoms with Crippen LogP contribution in [0.5, 0.6) is 0 Å². The summed E-state index contributed by atoms with van der Waals surface area (Å²) in [4.78, 5) is 11.6. The van der Waals surface area contributed by atoms with E-state index in [0.717, 1.165) is 42.6 Å². The molecule has 0 saturated heterocycles. The molecule has 2 aromatic rings. The van der Waals surface area contributed by atoms with Crippen molar-refractivity contribution in [1.82, 2.24) is 20.5 Å². The Morgan fingerprint density at radius 3 is 2.48 bits per heavy atom. The number of aryl methyl sites for hydroxylation is 2. The van der Waals surface area contributed by atoms with Gasteiger partial charge in [0.15, 0.2) is 5.96 Å². The number of nitrogens with one attached hydrogen (secondary N) is 2. The Morgan fingerprint density at radius 2 is 1.93 bits per heavy atom. The molecule has 0 saturated carbocycles. The van der Waals surface area contributed by atoms with Crippen molar-refractivity contribution in [1.29, 1.82) is 0 Å². The average molecular weight is 388 g/mol. The molecule has 27 heavy (non-hydrogen) atoms. The molecule has 0 aliphatic heterocycles. The van der Waals surface area contributed by atoms with Crippen molar-refractivity contribution < 1.29 is 0 Å². The first-order chi connectivity index (χ1) is 13.0. The largest absolute Gasteiger partial charge is 0.357 e. The minimum absolute atomic E-state index is 0.257. The first-order valence-electron chi connectivity index (χ1n) is 9.71. The normalized spacial score (nSPS) is 13.0. The van der Waals surface area contributed by atoms with E-state index in [4.69, 9.17) is 4.99 Å². The van der Waals surface area contributed by atoms with Crippen LogP contribution in [0.1, 0.15) is 41.7 Å². The predicted molar refractivity (Wildman–Crippen MR) is 117 cm³/mol. The summed E-state index contributed by atoms with van der Waals surface area (Å²) in [6, 6.07) is 9.14. The highest BCUT2D eigenvalue weighted by Crippen LogP contribution is 2.19. The molecule has 0 bridgehead atoms. The van der Waals surface area contributed by atoms with Crippen molar-refractivity contribution in [2.75, 3.05) is 33.7 Å². The summed E-state index contributed by atoms with van der Waals surface area (Å²) in [5.74, 6) is 0.862. The van der Waals surface area contributed by atoms with Crippen molar-refractivity contribution in [2.45, 2.75) is 39.7 Å². The standard InChI is InChI=1S/C21H33N5S/c1-6-17-8-10-18(11-9-17)20(26(4)5)14-24-21(22-7-2)23-13-12-19-15-27-16(3)25-19/h8-11,15,20H,6-7,12-14H2,1-5H3,(H2,22,23,24). The van der Waals surface area contributed by atoms with E-state index in [1.807, 2.05) is 6.92 Å². The molecule has 2 N–H and O–H groups in total. The summed E-state index contributed by atoms with van der Waals surface area (Å²) in [7, 11) is 4.22. The molecule has 1 atom stereocenters. The van der Waals surface area contributed by atoms with Gasteiger partial charge in [0.05, 0.1) is 23.3 Å². The van der Waals surface area contributed by atoms with E-state index < -0.39 is 0 Å². The fourth-order valence-corrected chi connectivity index (χ4v) is 3.54. The minimum Gasteiger partial charge on any atom is -0.357 e. The molecule has 0 aliphatic carbocycles. The van der Waals surface area contributed by atoms with Gasteiger partial charge in [-0.1, -0.05) is 31.2 Å². The Morgan fingerprint density at radius 1 is 1.19 bits per heavy atom. The Labute approximate surface area is 167 Å². The first-order valence-corrected chi connectivity index (χ1v) is 10.6. The number of aromatic nitrogens is 1. The first kappa shape index (κ1) is 21.4. The van der Waals surface area contributed by atoms with E-state index in [9.17, 15) is 0 Å². The smallest absolute Gasteiger partial charge is 0.191 e. The van der Waals surface area contributed by atoms with Crippen LogP contribution in [0.25, 0.3) is 0 Å². The van der Waals surface area contributed by atoms with Gasteiger partial charge in [0.1, 0.15) is 0 Å². The SMILES string of the molecule is CCNC(=NCC(c1ccc(CC)cc1)N(C)C)NCCc1csc(C)n1. The van der Waals surface area contributed by atoms with E-state index in [2.05, 4.69) is 78.1 Å². The quantitative estimate of drug-likeness (QED) is 0.511. The number of likely N-dealkylation sites (N-methyl/N-ethyl adjacent to an activating group) is 1. The van der Waals surface area contributed by atoms with Crippen molar-refractivity contribution in [3.8, 4) is 0 Å². The molecule has 5 nitrogen and oxygen atoms in total. The van der Waals surface area contributed by atoms with Crippen LogP contribution in [0, 0.1) is 6.92 Å². The highest BCUT2D eigenvalue weighted by molar-refractivity contribution is 7.09. The van der Waals surface area contributed by atoms with E-state index in [1.165, 1.54) is 11.1 Å². The van der Waals surface area contributed by atoms with Crippen LogP contribution in [0.15, 0.2) is 34.6 Å². The van der Waals surface area contributed by atoms with Crippen LogP contribution in [0.2, 0.25) is 0 Å². The fourth-order valence-electron chi connectivity index (χ4n) is 2.89. The highest BCUT2D eigenvalue weighted by Gasteiger charge is 2.14. The fraction of sp³-hybridized carbons (Fsp3) is 0.524. The van der Waals surface area contributed by atoms with Crippen LogP contribution < -0.4 is 10.6 Å². The number of rotatable bonds is 9. The molecular formula is C21H33N5S. The topological polar surface area (TPSA) is 52.6 Å². The molecule has 0 fully saturated rings. The zero-order valence-corrected chi connectivity index (χ0v) is 18.1. The summed E-state index contributed by atoms with van der Waals surface area (Å²) >= 11 is 1.70. The van der Waals surface area contributed by atoms with E-state index in [-0.39, 0.29) is 6.04 Å². The zero-order chi connectivity index (χ0) is 19.6. The van der Waals surface area contributed by atoms with Crippen molar-refractivity contribution in [3.63, 3.8) is 0 Å². The molecule has 0 amide bonds. The molecule has 2 rings (SSSR count). The van der Waals surface area contributed by atoms with Crippen molar-refractivity contribution >= 4 is 17.3 Å². The second kappa shape index (κ2) is 11.0. The van der Waals surface area contributed by atoms with Gasteiger partial charge in [-0.05, 0) is 45.5 Å². The number of nitrogens with zero attached hydrogens (tertiary/aromatic N) is 3. The van der Waals surface area contributed by atoms with Gasteiger partial charge >= 0.3 is 0 Å². The lowest BCUT2D eigenvalue weighted by Gasteiger charge is -2.24. The van der Waals surface area contributed by atoms with Gasteiger partial charge in [-0.2, -0.15) is 0 Å². The van der Waals surface area contributed by atoms with Gasteiger partial charge in [0, 0.05) is 24.9 Å². The predicted octanol–water partition coefficient (Wildman–Crippen LogP) is 3.41. The molecule has 0 spiro atoms. The van der Waals surface area contributed by atoms with Crippen LogP contribution in [0.3, 0.4) is 0 Å². The summed E-state index contributed by atoms with van der Waals surface area (Å²) < 4.78 is 0. The van der Waals surface area contributed by atoms with Crippen LogP contribution in [0.4, 0.5) is 0 Å².